The normalized spacial score (nSPS) is 23.4. The van der Waals surface area contributed by atoms with Gasteiger partial charge in [-0.25, -0.2) is 0 Å². The van der Waals surface area contributed by atoms with Gasteiger partial charge in [0.05, 0.1) is 11.6 Å². The molecule has 2 rings (SSSR count). The number of halogens is 1. The summed E-state index contributed by atoms with van der Waals surface area (Å²) in [7, 11) is 1.57. The predicted molar refractivity (Wildman–Crippen MR) is 85.2 cm³/mol. The van der Waals surface area contributed by atoms with Crippen molar-refractivity contribution in [3.05, 3.63) is 22.2 Å². The Labute approximate surface area is 129 Å². The highest BCUT2D eigenvalue weighted by atomic mass is 79.9. The Balaban J connectivity index is 1.95. The fourth-order valence-electron chi connectivity index (χ4n) is 2.84. The van der Waals surface area contributed by atoms with Crippen LogP contribution in [0.3, 0.4) is 0 Å². The van der Waals surface area contributed by atoms with Crippen LogP contribution in [0.5, 0.6) is 11.5 Å². The highest BCUT2D eigenvalue weighted by Crippen LogP contribution is 2.35. The van der Waals surface area contributed by atoms with Gasteiger partial charge in [-0.3, -0.25) is 0 Å². The van der Waals surface area contributed by atoms with Crippen molar-refractivity contribution in [2.75, 3.05) is 7.11 Å². The van der Waals surface area contributed by atoms with Gasteiger partial charge in [-0.2, -0.15) is 0 Å². The van der Waals surface area contributed by atoms with Crippen LogP contribution in [0.25, 0.3) is 0 Å². The number of rotatable bonds is 4. The molecular weight excluding hydrogens is 318 g/mol. The molecule has 1 saturated carbocycles. The molecule has 0 spiro atoms. The highest BCUT2D eigenvalue weighted by Gasteiger charge is 2.16. The molecule has 2 unspecified atom stereocenters. The number of aromatic hydroxyl groups is 1. The largest absolute Gasteiger partial charge is 0.503 e. The van der Waals surface area contributed by atoms with Gasteiger partial charge in [0.2, 0.25) is 0 Å². The molecule has 0 heterocycles. The van der Waals surface area contributed by atoms with Crippen LogP contribution in [0.1, 0.15) is 44.6 Å². The minimum absolute atomic E-state index is 0.166. The van der Waals surface area contributed by atoms with E-state index in [0.29, 0.717) is 16.3 Å². The number of ether oxygens (including phenoxy) is 1. The zero-order chi connectivity index (χ0) is 14.5. The number of methoxy groups -OCH3 is 1. The fraction of sp³-hybridized carbons (Fsp3) is 0.625. The Morgan fingerprint density at radius 3 is 2.85 bits per heavy atom. The first-order valence-electron chi connectivity index (χ1n) is 7.39. The van der Waals surface area contributed by atoms with Crippen molar-refractivity contribution in [1.82, 2.24) is 5.32 Å². The second kappa shape index (κ2) is 7.32. The van der Waals surface area contributed by atoms with Gasteiger partial charge >= 0.3 is 0 Å². The Bertz CT molecular complexity index is 450. The first-order chi connectivity index (χ1) is 9.60. The van der Waals surface area contributed by atoms with E-state index in [1.807, 2.05) is 12.1 Å². The first-order valence-corrected chi connectivity index (χ1v) is 8.18. The van der Waals surface area contributed by atoms with E-state index in [2.05, 4.69) is 28.2 Å². The van der Waals surface area contributed by atoms with Crippen molar-refractivity contribution in [3.8, 4) is 11.5 Å². The van der Waals surface area contributed by atoms with Crippen LogP contribution in [0.4, 0.5) is 0 Å². The lowest BCUT2D eigenvalue weighted by molar-refractivity contribution is 0.370. The van der Waals surface area contributed by atoms with E-state index in [1.165, 1.54) is 32.1 Å². The summed E-state index contributed by atoms with van der Waals surface area (Å²) in [6, 6.07) is 4.45. The first kappa shape index (κ1) is 15.6. The topological polar surface area (TPSA) is 41.5 Å². The summed E-state index contributed by atoms with van der Waals surface area (Å²) in [6.45, 7) is 3.17. The zero-order valence-electron chi connectivity index (χ0n) is 12.3. The van der Waals surface area contributed by atoms with E-state index in [9.17, 15) is 5.11 Å². The van der Waals surface area contributed by atoms with Crippen LogP contribution in [-0.2, 0) is 6.54 Å². The molecule has 112 valence electrons. The molecule has 2 atom stereocenters. The van der Waals surface area contributed by atoms with Gasteiger partial charge in [-0.05, 0) is 58.8 Å². The highest BCUT2D eigenvalue weighted by molar-refractivity contribution is 9.10. The summed E-state index contributed by atoms with van der Waals surface area (Å²) >= 11 is 3.37. The van der Waals surface area contributed by atoms with E-state index < -0.39 is 0 Å². The van der Waals surface area contributed by atoms with Crippen LogP contribution in [0.15, 0.2) is 16.6 Å². The van der Waals surface area contributed by atoms with Crippen LogP contribution >= 0.6 is 15.9 Å². The Morgan fingerprint density at radius 2 is 2.10 bits per heavy atom. The Morgan fingerprint density at radius 1 is 1.30 bits per heavy atom. The number of hydrogen-bond donors (Lipinski definition) is 2. The molecule has 1 aliphatic rings. The molecule has 20 heavy (non-hydrogen) atoms. The second-order valence-electron chi connectivity index (χ2n) is 5.82. The molecule has 0 aromatic heterocycles. The molecule has 1 fully saturated rings. The van der Waals surface area contributed by atoms with Gasteiger partial charge in [-0.15, -0.1) is 0 Å². The number of benzene rings is 1. The maximum atomic E-state index is 9.81. The monoisotopic (exact) mass is 341 g/mol. The van der Waals surface area contributed by atoms with Gasteiger partial charge in [0.15, 0.2) is 11.5 Å². The smallest absolute Gasteiger partial charge is 0.172 e. The third-order valence-corrected chi connectivity index (χ3v) is 4.76. The molecular formula is C16H24BrNO2. The summed E-state index contributed by atoms with van der Waals surface area (Å²) in [6.07, 6.45) is 6.52. The molecule has 0 bridgehead atoms. The van der Waals surface area contributed by atoms with Crippen molar-refractivity contribution in [1.29, 1.82) is 0 Å². The average Bonchev–Trinajstić information content (AvgIpc) is 2.64. The molecule has 3 nitrogen and oxygen atoms in total. The lowest BCUT2D eigenvalue weighted by Crippen LogP contribution is -2.27. The zero-order valence-corrected chi connectivity index (χ0v) is 13.9. The maximum Gasteiger partial charge on any atom is 0.172 e. The van der Waals surface area contributed by atoms with E-state index in [1.54, 1.807) is 7.11 Å². The van der Waals surface area contributed by atoms with Crippen LogP contribution in [-0.4, -0.2) is 18.3 Å². The standard InChI is InChI=1S/C16H24BrNO2/c1-11-4-3-5-13(7-6-11)18-10-12-8-14(17)16(19)15(9-12)20-2/h8-9,11,13,18-19H,3-7,10H2,1-2H3. The molecule has 0 aliphatic heterocycles. The molecule has 2 N–H and O–H groups in total. The number of phenols is 1. The van der Waals surface area contributed by atoms with Crippen LogP contribution in [0.2, 0.25) is 0 Å². The summed E-state index contributed by atoms with van der Waals surface area (Å²) in [5.74, 6) is 1.55. The average molecular weight is 342 g/mol. The lowest BCUT2D eigenvalue weighted by atomic mass is 10.0. The van der Waals surface area contributed by atoms with Crippen molar-refractivity contribution >= 4 is 15.9 Å². The Kier molecular flexibility index (Phi) is 5.73. The van der Waals surface area contributed by atoms with Crippen molar-refractivity contribution in [2.24, 2.45) is 5.92 Å². The minimum atomic E-state index is 0.166. The third-order valence-electron chi connectivity index (χ3n) is 4.16. The van der Waals surface area contributed by atoms with Crippen molar-refractivity contribution in [2.45, 2.75) is 51.6 Å². The molecule has 0 radical (unpaired) electrons. The van der Waals surface area contributed by atoms with E-state index in [0.717, 1.165) is 18.0 Å². The van der Waals surface area contributed by atoms with Crippen molar-refractivity contribution in [3.63, 3.8) is 0 Å². The van der Waals surface area contributed by atoms with Gasteiger partial charge in [-0.1, -0.05) is 19.8 Å². The molecule has 1 aromatic carbocycles. The summed E-state index contributed by atoms with van der Waals surface area (Å²) < 4.78 is 5.87. The molecule has 0 amide bonds. The summed E-state index contributed by atoms with van der Waals surface area (Å²) in [5.41, 5.74) is 1.13. The van der Waals surface area contributed by atoms with Gasteiger partial charge in [0.25, 0.3) is 0 Å². The summed E-state index contributed by atoms with van der Waals surface area (Å²) in [5, 5.41) is 13.5. The molecule has 0 saturated heterocycles. The SMILES string of the molecule is COc1cc(CNC2CCCC(C)CC2)cc(Br)c1O. The maximum absolute atomic E-state index is 9.81. The van der Waals surface area contributed by atoms with Gasteiger partial charge < -0.3 is 15.2 Å². The fourth-order valence-corrected chi connectivity index (χ4v) is 3.33. The third kappa shape index (κ3) is 4.13. The van der Waals surface area contributed by atoms with Gasteiger partial charge in [0.1, 0.15) is 0 Å². The number of phenolic OH excluding ortho intramolecular Hbond substituents is 1. The minimum Gasteiger partial charge on any atom is -0.503 e. The number of nitrogens with one attached hydrogen (secondary N) is 1. The van der Waals surface area contributed by atoms with Crippen LogP contribution in [0, 0.1) is 5.92 Å². The molecule has 1 aliphatic carbocycles. The van der Waals surface area contributed by atoms with E-state index in [4.69, 9.17) is 4.74 Å². The number of hydrogen-bond acceptors (Lipinski definition) is 3. The van der Waals surface area contributed by atoms with Crippen molar-refractivity contribution < 1.29 is 9.84 Å². The summed E-state index contributed by atoms with van der Waals surface area (Å²) in [4.78, 5) is 0. The Hall–Kier alpha value is -0.740. The van der Waals surface area contributed by atoms with Gasteiger partial charge in [0, 0.05) is 12.6 Å². The predicted octanol–water partition coefficient (Wildman–Crippen LogP) is 4.22. The van der Waals surface area contributed by atoms with E-state index in [-0.39, 0.29) is 5.75 Å². The second-order valence-corrected chi connectivity index (χ2v) is 6.67. The lowest BCUT2D eigenvalue weighted by Gasteiger charge is -2.17. The molecule has 4 heteroatoms. The quantitative estimate of drug-likeness (QED) is 0.805. The van der Waals surface area contributed by atoms with Crippen LogP contribution < -0.4 is 10.1 Å². The van der Waals surface area contributed by atoms with E-state index >= 15 is 0 Å². The molecule has 1 aromatic rings.